The quantitative estimate of drug-likeness (QED) is 0.864. The molecule has 0 bridgehead atoms. The summed E-state index contributed by atoms with van der Waals surface area (Å²) in [6.07, 6.45) is 0.427. The van der Waals surface area contributed by atoms with Gasteiger partial charge in [0.1, 0.15) is 11.4 Å². The Hall–Kier alpha value is -2.60. The Bertz CT molecular complexity index is 962. The number of hydrogen-bond acceptors (Lipinski definition) is 4. The summed E-state index contributed by atoms with van der Waals surface area (Å²) in [7, 11) is 1.58. The number of nitrogens with one attached hydrogen (secondary N) is 1. The van der Waals surface area contributed by atoms with Crippen molar-refractivity contribution in [3.63, 3.8) is 0 Å². The van der Waals surface area contributed by atoms with Crippen LogP contribution in [-0.2, 0) is 10.3 Å². The third-order valence-corrected chi connectivity index (χ3v) is 5.72. The zero-order valence-corrected chi connectivity index (χ0v) is 15.1. The first-order valence-electron chi connectivity index (χ1n) is 8.23. The molecule has 1 aliphatic heterocycles. The third-order valence-electron chi connectivity index (χ3n) is 5.39. The molecule has 1 heterocycles. The summed E-state index contributed by atoms with van der Waals surface area (Å²) in [6.45, 7) is 1.80. The van der Waals surface area contributed by atoms with Crippen molar-refractivity contribution in [1.82, 2.24) is 4.90 Å². The van der Waals surface area contributed by atoms with Gasteiger partial charge in [0.15, 0.2) is 5.96 Å². The number of guanidine groups is 1. The van der Waals surface area contributed by atoms with Crippen LogP contribution in [-0.4, -0.2) is 23.8 Å². The minimum atomic E-state index is -0.955. The molecule has 2 aromatic carbocycles. The number of fused-ring (bicyclic) bond motifs is 1. The molecule has 0 spiro atoms. The number of nitrogens with zero attached hydrogens (tertiary/aromatic N) is 2. The van der Waals surface area contributed by atoms with E-state index in [4.69, 9.17) is 17.3 Å². The van der Waals surface area contributed by atoms with Crippen molar-refractivity contribution in [2.45, 2.75) is 18.9 Å². The van der Waals surface area contributed by atoms with Crippen LogP contribution in [0.2, 0.25) is 5.02 Å². The summed E-state index contributed by atoms with van der Waals surface area (Å²) in [5, 5.41) is 3.74. The lowest BCUT2D eigenvalue weighted by Crippen LogP contribution is -2.48. The van der Waals surface area contributed by atoms with E-state index in [1.807, 2.05) is 18.2 Å². The largest absolute Gasteiger partial charge is 0.369 e. The van der Waals surface area contributed by atoms with E-state index < -0.39 is 16.8 Å². The highest BCUT2D eigenvalue weighted by Gasteiger charge is 2.74. The van der Waals surface area contributed by atoms with Gasteiger partial charge in [-0.15, -0.1) is 0 Å². The monoisotopic (exact) mass is 372 g/mol. The molecule has 0 aromatic heterocycles. The molecule has 1 fully saturated rings. The number of nitrogens with two attached hydrogens (primary N) is 1. The molecule has 1 amide bonds. The zero-order chi connectivity index (χ0) is 18.7. The molecule has 2 aromatic rings. The van der Waals surface area contributed by atoms with Gasteiger partial charge in [0.05, 0.1) is 16.1 Å². The van der Waals surface area contributed by atoms with E-state index in [0.717, 1.165) is 0 Å². The fraction of sp³-hybridized carbons (Fsp3) is 0.263. The first kappa shape index (κ1) is 16.8. The maximum atomic E-state index is 14.7. The average molecular weight is 373 g/mol. The Morgan fingerprint density at radius 1 is 1.31 bits per heavy atom. The van der Waals surface area contributed by atoms with Crippen LogP contribution in [0.3, 0.4) is 0 Å². The molecule has 2 atom stereocenters. The Balaban J connectivity index is 1.77. The summed E-state index contributed by atoms with van der Waals surface area (Å²) in [5.74, 6) is -0.449. The number of benzene rings is 2. The SMILES string of the molecule is CN1C(=O)C2(C)C[C@]2(c2cc(Nc3ccccc3Cl)ccc2F)N=C1N. The molecule has 1 saturated carbocycles. The van der Waals surface area contributed by atoms with Gasteiger partial charge in [0.25, 0.3) is 0 Å². The highest BCUT2D eigenvalue weighted by molar-refractivity contribution is 6.33. The number of aliphatic imine (C=N–C) groups is 1. The average Bonchev–Trinajstić information content (AvgIpc) is 3.23. The lowest BCUT2D eigenvalue weighted by Gasteiger charge is -2.30. The second kappa shape index (κ2) is 5.45. The van der Waals surface area contributed by atoms with Crippen molar-refractivity contribution < 1.29 is 9.18 Å². The minimum absolute atomic E-state index is 0.105. The van der Waals surface area contributed by atoms with E-state index in [1.165, 1.54) is 11.0 Å². The second-order valence-electron chi connectivity index (χ2n) is 7.00. The lowest BCUT2D eigenvalue weighted by atomic mass is 9.92. The maximum Gasteiger partial charge on any atom is 0.237 e. The van der Waals surface area contributed by atoms with Crippen molar-refractivity contribution in [2.24, 2.45) is 16.1 Å². The highest BCUT2D eigenvalue weighted by atomic mass is 35.5. The molecule has 1 aliphatic carbocycles. The summed E-state index contributed by atoms with van der Waals surface area (Å²) >= 11 is 6.18. The minimum Gasteiger partial charge on any atom is -0.369 e. The molecule has 0 radical (unpaired) electrons. The van der Waals surface area contributed by atoms with Gasteiger partial charge in [-0.3, -0.25) is 9.69 Å². The summed E-state index contributed by atoms with van der Waals surface area (Å²) in [6, 6.07) is 12.0. The van der Waals surface area contributed by atoms with Crippen LogP contribution in [0.1, 0.15) is 18.9 Å². The summed E-state index contributed by atoms with van der Waals surface area (Å²) in [5.41, 5.74) is 5.90. The molecule has 7 heteroatoms. The lowest BCUT2D eigenvalue weighted by molar-refractivity contribution is -0.132. The fourth-order valence-corrected chi connectivity index (χ4v) is 3.90. The van der Waals surface area contributed by atoms with Crippen LogP contribution >= 0.6 is 11.6 Å². The Kier molecular flexibility index (Phi) is 3.53. The van der Waals surface area contributed by atoms with E-state index in [2.05, 4.69) is 10.3 Å². The maximum absolute atomic E-state index is 14.7. The standard InChI is InChI=1S/C19H18ClFN4O/c1-18-10-19(18,24-17(22)25(2)16(18)26)12-9-11(7-8-14(12)21)23-15-6-4-3-5-13(15)20/h3-9,23H,10H2,1-2H3,(H2,22,24)/t18?,19-/m1/s1. The first-order valence-corrected chi connectivity index (χ1v) is 8.61. The molecule has 134 valence electrons. The van der Waals surface area contributed by atoms with Crippen molar-refractivity contribution in [3.05, 3.63) is 58.9 Å². The van der Waals surface area contributed by atoms with Gasteiger partial charge in [-0.25, -0.2) is 9.38 Å². The molecule has 5 nitrogen and oxygen atoms in total. The van der Waals surface area contributed by atoms with Crippen LogP contribution < -0.4 is 11.1 Å². The van der Waals surface area contributed by atoms with Crippen LogP contribution in [0, 0.1) is 11.2 Å². The van der Waals surface area contributed by atoms with Crippen LogP contribution in [0.15, 0.2) is 47.5 Å². The van der Waals surface area contributed by atoms with Gasteiger partial charge in [-0.05, 0) is 43.7 Å². The number of para-hydroxylation sites is 1. The predicted molar refractivity (Wildman–Crippen MR) is 99.9 cm³/mol. The number of halogens is 2. The molecule has 2 aliphatic rings. The number of amides is 1. The molecule has 1 unspecified atom stereocenters. The molecule has 4 rings (SSSR count). The smallest absolute Gasteiger partial charge is 0.237 e. The first-order chi connectivity index (χ1) is 12.3. The molecule has 26 heavy (non-hydrogen) atoms. The number of rotatable bonds is 3. The number of hydrogen-bond donors (Lipinski definition) is 2. The van der Waals surface area contributed by atoms with Gasteiger partial charge in [0, 0.05) is 18.3 Å². The number of carbonyl (C=O) groups is 1. The van der Waals surface area contributed by atoms with Crippen molar-refractivity contribution in [2.75, 3.05) is 12.4 Å². The summed E-state index contributed by atoms with van der Waals surface area (Å²) < 4.78 is 14.7. The Morgan fingerprint density at radius 2 is 2.04 bits per heavy atom. The van der Waals surface area contributed by atoms with E-state index >= 15 is 0 Å². The van der Waals surface area contributed by atoms with Crippen molar-refractivity contribution >= 4 is 34.8 Å². The van der Waals surface area contributed by atoms with Gasteiger partial charge in [-0.2, -0.15) is 0 Å². The normalized spacial score (nSPS) is 27.0. The molecular weight excluding hydrogens is 355 g/mol. The van der Waals surface area contributed by atoms with E-state index in [9.17, 15) is 9.18 Å². The van der Waals surface area contributed by atoms with E-state index in [0.29, 0.717) is 28.4 Å². The number of anilines is 2. The van der Waals surface area contributed by atoms with Gasteiger partial charge >= 0.3 is 0 Å². The zero-order valence-electron chi connectivity index (χ0n) is 14.4. The molecule has 3 N–H and O–H groups in total. The van der Waals surface area contributed by atoms with E-state index in [1.54, 1.807) is 32.2 Å². The van der Waals surface area contributed by atoms with Crippen molar-refractivity contribution in [3.8, 4) is 0 Å². The Labute approximate surface area is 155 Å². The summed E-state index contributed by atoms with van der Waals surface area (Å²) in [4.78, 5) is 18.4. The highest BCUT2D eigenvalue weighted by Crippen LogP contribution is 2.68. The third kappa shape index (κ3) is 2.22. The Morgan fingerprint density at radius 3 is 2.77 bits per heavy atom. The number of carbonyl (C=O) groups excluding carboxylic acids is 1. The predicted octanol–water partition coefficient (Wildman–Crippen LogP) is 3.61. The molecule has 0 saturated heterocycles. The topological polar surface area (TPSA) is 70.7 Å². The second-order valence-corrected chi connectivity index (χ2v) is 7.41. The van der Waals surface area contributed by atoms with Crippen LogP contribution in [0.4, 0.5) is 15.8 Å². The molecular formula is C19H18ClFN4O. The van der Waals surface area contributed by atoms with Crippen LogP contribution in [0.5, 0.6) is 0 Å². The van der Waals surface area contributed by atoms with Crippen LogP contribution in [0.25, 0.3) is 0 Å². The van der Waals surface area contributed by atoms with Crippen molar-refractivity contribution in [1.29, 1.82) is 0 Å². The van der Waals surface area contributed by atoms with Gasteiger partial charge in [0.2, 0.25) is 5.91 Å². The fourth-order valence-electron chi connectivity index (χ4n) is 3.72. The van der Waals surface area contributed by atoms with Gasteiger partial charge in [-0.1, -0.05) is 23.7 Å². The van der Waals surface area contributed by atoms with E-state index in [-0.39, 0.29) is 11.9 Å². The van der Waals surface area contributed by atoms with Gasteiger partial charge < -0.3 is 11.1 Å².